The Kier molecular flexibility index (Phi) is 6.40. The third-order valence-electron chi connectivity index (χ3n) is 10.7. The average Bonchev–Trinajstić information content (AvgIpc) is 3.77. The maximum absolute atomic E-state index is 6.87. The van der Waals surface area contributed by atoms with Crippen LogP contribution in [-0.2, 0) is 11.8 Å². The second kappa shape index (κ2) is 11.2. The maximum atomic E-state index is 6.87. The van der Waals surface area contributed by atoms with Crippen molar-refractivity contribution in [2.75, 3.05) is 0 Å². The number of pyridine rings is 1. The summed E-state index contributed by atoms with van der Waals surface area (Å²) in [6, 6.07) is 63.2. The zero-order valence-electron chi connectivity index (χ0n) is 28.0. The molecule has 0 bridgehead atoms. The van der Waals surface area contributed by atoms with E-state index in [1.165, 1.54) is 59.3 Å². The molecule has 52 heavy (non-hydrogen) atoms. The van der Waals surface area contributed by atoms with E-state index in [0.717, 1.165) is 33.3 Å². The van der Waals surface area contributed by atoms with E-state index in [4.69, 9.17) is 16.8 Å². The number of rotatable bonds is 4. The number of aromatic nitrogens is 3. The van der Waals surface area contributed by atoms with Gasteiger partial charge in [0, 0.05) is 38.7 Å². The standard InChI is InChI=1S/C47H30N3PS/c52-51(33-14-3-1-4-15-33,34-16-5-2-6-17-34)35-25-28-44-40(30-35)46-36-18-8-7-13-31(36)23-26-39(46)47-48-41-27-24-32(29-45(41)50(44)47)49-42-21-11-9-19-37(42)38-20-10-12-22-43(38)49/h1-30H. The lowest BCUT2D eigenvalue weighted by atomic mass is 9.99. The molecule has 0 radical (unpaired) electrons. The highest BCUT2D eigenvalue weighted by Gasteiger charge is 2.26. The highest BCUT2D eigenvalue weighted by atomic mass is 32.4. The zero-order chi connectivity index (χ0) is 34.4. The van der Waals surface area contributed by atoms with Crippen LogP contribution in [0.4, 0.5) is 0 Å². The molecule has 0 aliphatic carbocycles. The minimum atomic E-state index is -2.40. The van der Waals surface area contributed by atoms with Crippen LogP contribution in [0.1, 0.15) is 0 Å². The van der Waals surface area contributed by atoms with Crippen LogP contribution in [0.5, 0.6) is 0 Å². The lowest BCUT2D eigenvalue weighted by Gasteiger charge is -2.25. The Morgan fingerprint density at radius 3 is 1.73 bits per heavy atom. The Morgan fingerprint density at radius 1 is 0.423 bits per heavy atom. The Hall–Kier alpha value is -6.06. The van der Waals surface area contributed by atoms with Crippen molar-refractivity contribution in [3.8, 4) is 5.69 Å². The minimum absolute atomic E-state index is 0.959. The van der Waals surface area contributed by atoms with E-state index in [-0.39, 0.29) is 0 Å². The lowest BCUT2D eigenvalue weighted by molar-refractivity contribution is 1.18. The van der Waals surface area contributed by atoms with Crippen LogP contribution in [0, 0.1) is 0 Å². The summed E-state index contributed by atoms with van der Waals surface area (Å²) in [5.41, 5.74) is 7.61. The summed E-state index contributed by atoms with van der Waals surface area (Å²) in [6.07, 6.45) is 0. The molecule has 0 amide bonds. The Balaban J connectivity index is 1.27. The number of imidazole rings is 1. The number of benzene rings is 8. The van der Waals surface area contributed by atoms with E-state index in [1.54, 1.807) is 0 Å². The van der Waals surface area contributed by atoms with Crippen molar-refractivity contribution in [1.82, 2.24) is 14.0 Å². The zero-order valence-corrected chi connectivity index (χ0v) is 29.7. The van der Waals surface area contributed by atoms with Gasteiger partial charge in [-0.05, 0) is 75.2 Å². The van der Waals surface area contributed by atoms with Gasteiger partial charge in [-0.15, -0.1) is 0 Å². The molecule has 3 nitrogen and oxygen atoms in total. The van der Waals surface area contributed by atoms with E-state index >= 15 is 0 Å². The molecule has 0 aliphatic rings. The minimum Gasteiger partial charge on any atom is -0.309 e. The van der Waals surface area contributed by atoms with Crippen molar-refractivity contribution < 1.29 is 0 Å². The van der Waals surface area contributed by atoms with Gasteiger partial charge in [-0.2, -0.15) is 0 Å². The maximum Gasteiger partial charge on any atom is 0.146 e. The number of fused-ring (bicyclic) bond motifs is 13. The largest absolute Gasteiger partial charge is 0.309 e. The topological polar surface area (TPSA) is 22.2 Å². The van der Waals surface area contributed by atoms with E-state index in [9.17, 15) is 0 Å². The molecule has 0 unspecified atom stereocenters. The quantitative estimate of drug-likeness (QED) is 0.135. The first-order valence-corrected chi connectivity index (χ1v) is 20.4. The molecule has 0 saturated carbocycles. The van der Waals surface area contributed by atoms with Crippen molar-refractivity contribution in [1.29, 1.82) is 0 Å². The fourth-order valence-corrected chi connectivity index (χ4v) is 12.2. The second-order valence-electron chi connectivity index (χ2n) is 13.5. The lowest BCUT2D eigenvalue weighted by Crippen LogP contribution is -2.24. The van der Waals surface area contributed by atoms with E-state index in [1.807, 2.05) is 0 Å². The normalized spacial score (nSPS) is 12.3. The number of hydrogen-bond donors (Lipinski definition) is 0. The molecular weight excluding hydrogens is 670 g/mol. The Labute approximate surface area is 305 Å². The summed E-state index contributed by atoms with van der Waals surface area (Å²) in [5.74, 6) is 0. The molecule has 5 heteroatoms. The van der Waals surface area contributed by atoms with Gasteiger partial charge >= 0.3 is 0 Å². The first kappa shape index (κ1) is 29.6. The average molecular weight is 700 g/mol. The van der Waals surface area contributed by atoms with Gasteiger partial charge in [0.2, 0.25) is 0 Å². The number of para-hydroxylation sites is 2. The van der Waals surface area contributed by atoms with Crippen LogP contribution in [0.3, 0.4) is 0 Å². The predicted molar refractivity (Wildman–Crippen MR) is 226 cm³/mol. The fourth-order valence-electron chi connectivity index (χ4n) is 8.41. The van der Waals surface area contributed by atoms with Crippen molar-refractivity contribution in [2.45, 2.75) is 0 Å². The van der Waals surface area contributed by atoms with Gasteiger partial charge in [0.05, 0.1) is 27.6 Å². The highest BCUT2D eigenvalue weighted by Crippen LogP contribution is 2.45. The summed E-state index contributed by atoms with van der Waals surface area (Å²) in [7, 11) is 0. The van der Waals surface area contributed by atoms with Crippen LogP contribution in [0.25, 0.3) is 76.6 Å². The highest BCUT2D eigenvalue weighted by molar-refractivity contribution is 8.25. The molecule has 0 fully saturated rings. The Bertz CT molecular complexity index is 3170. The summed E-state index contributed by atoms with van der Waals surface area (Å²) in [4.78, 5) is 5.35. The molecule has 11 aromatic rings. The first-order valence-electron chi connectivity index (χ1n) is 17.6. The summed E-state index contributed by atoms with van der Waals surface area (Å²) < 4.78 is 4.76. The third kappa shape index (κ3) is 4.14. The number of nitrogens with zero attached hydrogens (tertiary/aromatic N) is 3. The predicted octanol–water partition coefficient (Wildman–Crippen LogP) is 10.8. The van der Waals surface area contributed by atoms with Gasteiger partial charge in [0.1, 0.15) is 5.65 Å². The van der Waals surface area contributed by atoms with Gasteiger partial charge < -0.3 is 4.57 Å². The van der Waals surface area contributed by atoms with Crippen LogP contribution in [0.2, 0.25) is 0 Å². The SMILES string of the molecule is S=P(c1ccccc1)(c1ccccc1)c1ccc2c(c1)c1c3ccccc3ccc1c1nc3ccc(-n4c5ccccc5c5ccccc54)cc3n21. The van der Waals surface area contributed by atoms with Crippen LogP contribution >= 0.6 is 6.04 Å². The van der Waals surface area contributed by atoms with Crippen molar-refractivity contribution >= 4 is 105 Å². The second-order valence-corrected chi connectivity index (χ2v) is 17.9. The smallest absolute Gasteiger partial charge is 0.146 e. The van der Waals surface area contributed by atoms with Crippen molar-refractivity contribution in [3.63, 3.8) is 0 Å². The molecule has 0 aliphatic heterocycles. The van der Waals surface area contributed by atoms with Gasteiger partial charge in [-0.3, -0.25) is 4.40 Å². The molecule has 0 spiro atoms. The third-order valence-corrected chi connectivity index (χ3v) is 15.7. The first-order chi connectivity index (χ1) is 25.7. The van der Waals surface area contributed by atoms with Crippen LogP contribution in [-0.4, -0.2) is 14.0 Å². The van der Waals surface area contributed by atoms with Crippen molar-refractivity contribution in [2.24, 2.45) is 0 Å². The summed E-state index contributed by atoms with van der Waals surface area (Å²) >= 11 is 6.87. The van der Waals surface area contributed by atoms with Gasteiger partial charge in [0.15, 0.2) is 0 Å². The monoisotopic (exact) mass is 699 g/mol. The molecule has 8 aromatic carbocycles. The molecule has 0 saturated heterocycles. The van der Waals surface area contributed by atoms with Crippen molar-refractivity contribution in [3.05, 3.63) is 182 Å². The molecule has 3 aromatic heterocycles. The van der Waals surface area contributed by atoms with E-state index in [0.29, 0.717) is 0 Å². The molecule has 11 rings (SSSR count). The molecule has 0 atom stereocenters. The van der Waals surface area contributed by atoms with E-state index in [2.05, 4.69) is 191 Å². The summed E-state index contributed by atoms with van der Waals surface area (Å²) in [5, 5.41) is 12.0. The molecule has 0 N–H and O–H groups in total. The van der Waals surface area contributed by atoms with Gasteiger partial charge in [-0.25, -0.2) is 4.98 Å². The molecule has 3 heterocycles. The van der Waals surface area contributed by atoms with Gasteiger partial charge in [-0.1, -0.05) is 145 Å². The summed E-state index contributed by atoms with van der Waals surface area (Å²) in [6.45, 7) is 0. The van der Waals surface area contributed by atoms with E-state index < -0.39 is 6.04 Å². The molecule has 244 valence electrons. The van der Waals surface area contributed by atoms with Crippen LogP contribution in [0.15, 0.2) is 182 Å². The molecular formula is C47H30N3PS. The Morgan fingerprint density at radius 2 is 1.04 bits per heavy atom. The van der Waals surface area contributed by atoms with Crippen LogP contribution < -0.4 is 15.9 Å². The number of hydrogen-bond acceptors (Lipinski definition) is 2. The fraction of sp³-hybridized carbons (Fsp3) is 0. The van der Waals surface area contributed by atoms with Gasteiger partial charge in [0.25, 0.3) is 0 Å².